The van der Waals surface area contributed by atoms with E-state index in [0.717, 1.165) is 50.0 Å². The number of ether oxygens (including phenoxy) is 3. The zero-order valence-corrected chi connectivity index (χ0v) is 21.6. The molecule has 3 heterocycles. The van der Waals surface area contributed by atoms with Crippen LogP contribution in [0.15, 0.2) is 29.8 Å². The Kier molecular flexibility index (Phi) is 6.67. The van der Waals surface area contributed by atoms with Gasteiger partial charge in [-0.2, -0.15) is 0 Å². The van der Waals surface area contributed by atoms with Gasteiger partial charge in [0.25, 0.3) is 0 Å². The summed E-state index contributed by atoms with van der Waals surface area (Å²) >= 11 is 0. The molecule has 188 valence electrons. The molecule has 1 aromatic rings. The predicted molar refractivity (Wildman–Crippen MR) is 132 cm³/mol. The highest BCUT2D eigenvalue weighted by molar-refractivity contribution is 5.68. The van der Waals surface area contributed by atoms with E-state index in [1.165, 1.54) is 5.57 Å². The second kappa shape index (κ2) is 9.10. The SMILES string of the molecule is CC(C)=CCC[C@]1(C)Oc2cc(O)ccc2[C@H]2OC[C@]3(CCCN(C(=O)OC(C)(C)C)C3)C[C@@H]21. The standard InChI is InChI=1S/C28H41NO5/c1-19(2)9-7-12-27(6)22-16-28(13-8-14-29(17-28)25(31)34-26(3,4)5)18-32-24(22)21-11-10-20(30)15-23(21)33-27/h9-11,15,22,24,30H,7-8,12-14,16-18H2,1-6H3/t22-,24+,27-,28+/m0/s1. The summed E-state index contributed by atoms with van der Waals surface area (Å²) in [5.41, 5.74) is 1.26. The van der Waals surface area contributed by atoms with Crippen molar-refractivity contribution in [3.63, 3.8) is 0 Å². The van der Waals surface area contributed by atoms with Crippen LogP contribution >= 0.6 is 0 Å². The molecule has 4 rings (SSSR count). The van der Waals surface area contributed by atoms with Crippen molar-refractivity contribution >= 4 is 6.09 Å². The van der Waals surface area contributed by atoms with Gasteiger partial charge in [-0.15, -0.1) is 0 Å². The van der Waals surface area contributed by atoms with E-state index in [-0.39, 0.29) is 29.3 Å². The molecule has 1 amide bonds. The number of piperidine rings is 1. The van der Waals surface area contributed by atoms with Gasteiger partial charge in [-0.1, -0.05) is 11.6 Å². The maximum Gasteiger partial charge on any atom is 0.410 e. The third kappa shape index (κ3) is 5.22. The van der Waals surface area contributed by atoms with Crippen molar-refractivity contribution in [2.45, 2.75) is 91.0 Å². The number of rotatable bonds is 3. The Labute approximate surface area is 204 Å². The van der Waals surface area contributed by atoms with Gasteiger partial charge in [0.05, 0.1) is 12.7 Å². The molecule has 2 saturated heterocycles. The van der Waals surface area contributed by atoms with Crippen LogP contribution in [0.25, 0.3) is 0 Å². The molecule has 1 N–H and O–H groups in total. The molecule has 4 atom stereocenters. The molecule has 6 heteroatoms. The number of benzene rings is 1. The number of carbonyl (C=O) groups is 1. The van der Waals surface area contributed by atoms with Crippen LogP contribution in [0.3, 0.4) is 0 Å². The molecule has 0 aliphatic carbocycles. The molecule has 0 radical (unpaired) electrons. The summed E-state index contributed by atoms with van der Waals surface area (Å²) < 4.78 is 19.0. The molecule has 0 unspecified atom stereocenters. The molecule has 1 spiro atoms. The fourth-order valence-corrected chi connectivity index (χ4v) is 5.89. The Morgan fingerprint density at radius 1 is 1.32 bits per heavy atom. The summed E-state index contributed by atoms with van der Waals surface area (Å²) in [5.74, 6) is 1.08. The molecular weight excluding hydrogens is 430 g/mol. The monoisotopic (exact) mass is 471 g/mol. The number of fused-ring (bicyclic) bond motifs is 3. The van der Waals surface area contributed by atoms with Gasteiger partial charge in [0.1, 0.15) is 22.7 Å². The van der Waals surface area contributed by atoms with Gasteiger partial charge in [-0.25, -0.2) is 4.79 Å². The first-order valence-electron chi connectivity index (χ1n) is 12.6. The van der Waals surface area contributed by atoms with Gasteiger partial charge in [0.2, 0.25) is 0 Å². The van der Waals surface area contributed by atoms with Gasteiger partial charge in [0.15, 0.2) is 0 Å². The van der Waals surface area contributed by atoms with Crippen molar-refractivity contribution in [1.29, 1.82) is 0 Å². The number of likely N-dealkylation sites (tertiary alicyclic amines) is 1. The fourth-order valence-electron chi connectivity index (χ4n) is 5.89. The summed E-state index contributed by atoms with van der Waals surface area (Å²) in [6.07, 6.45) is 6.64. The lowest BCUT2D eigenvalue weighted by Gasteiger charge is -2.55. The van der Waals surface area contributed by atoms with Crippen LogP contribution in [0.2, 0.25) is 0 Å². The predicted octanol–water partition coefficient (Wildman–Crippen LogP) is 6.38. The summed E-state index contributed by atoms with van der Waals surface area (Å²) in [6.45, 7) is 14.1. The van der Waals surface area contributed by atoms with Crippen LogP contribution < -0.4 is 4.74 Å². The number of carbonyl (C=O) groups excluding carboxylic acids is 1. The summed E-state index contributed by atoms with van der Waals surface area (Å²) in [5, 5.41) is 10.1. The topological polar surface area (TPSA) is 68.2 Å². The van der Waals surface area contributed by atoms with E-state index in [9.17, 15) is 9.90 Å². The van der Waals surface area contributed by atoms with E-state index in [1.807, 2.05) is 31.7 Å². The van der Waals surface area contributed by atoms with Crippen molar-refractivity contribution in [2.75, 3.05) is 19.7 Å². The Morgan fingerprint density at radius 3 is 2.79 bits per heavy atom. The lowest BCUT2D eigenvalue weighted by molar-refractivity contribution is -0.180. The average molecular weight is 472 g/mol. The minimum absolute atomic E-state index is 0.0800. The maximum absolute atomic E-state index is 12.9. The normalized spacial score (nSPS) is 30.7. The van der Waals surface area contributed by atoms with Crippen molar-refractivity contribution in [3.8, 4) is 11.5 Å². The van der Waals surface area contributed by atoms with Crippen molar-refractivity contribution in [3.05, 3.63) is 35.4 Å². The molecule has 1 aromatic carbocycles. The average Bonchev–Trinajstić information content (AvgIpc) is 2.72. The van der Waals surface area contributed by atoms with Gasteiger partial charge >= 0.3 is 6.09 Å². The van der Waals surface area contributed by atoms with Crippen molar-refractivity contribution in [1.82, 2.24) is 4.90 Å². The molecule has 3 aliphatic rings. The third-order valence-electron chi connectivity index (χ3n) is 7.53. The van der Waals surface area contributed by atoms with Crippen LogP contribution in [0.1, 0.15) is 85.3 Å². The summed E-state index contributed by atoms with van der Waals surface area (Å²) in [6, 6.07) is 5.36. The molecular formula is C28H41NO5. The molecule has 34 heavy (non-hydrogen) atoms. The van der Waals surface area contributed by atoms with Crippen LogP contribution in [-0.2, 0) is 9.47 Å². The van der Waals surface area contributed by atoms with E-state index >= 15 is 0 Å². The van der Waals surface area contributed by atoms with E-state index in [1.54, 1.807) is 12.1 Å². The molecule has 6 nitrogen and oxygen atoms in total. The van der Waals surface area contributed by atoms with Crippen molar-refractivity contribution in [2.24, 2.45) is 11.3 Å². The number of phenols is 1. The highest BCUT2D eigenvalue weighted by Crippen LogP contribution is 2.56. The number of hydrogen-bond donors (Lipinski definition) is 1. The first-order valence-corrected chi connectivity index (χ1v) is 12.6. The third-order valence-corrected chi connectivity index (χ3v) is 7.53. The van der Waals surface area contributed by atoms with Gasteiger partial charge in [-0.3, -0.25) is 0 Å². The molecule has 0 saturated carbocycles. The summed E-state index contributed by atoms with van der Waals surface area (Å²) in [7, 11) is 0. The van der Waals surface area contributed by atoms with Gasteiger partial charge in [-0.05, 0) is 85.8 Å². The van der Waals surface area contributed by atoms with E-state index < -0.39 is 11.2 Å². The molecule has 3 aliphatic heterocycles. The Balaban J connectivity index is 1.60. The number of allylic oxidation sites excluding steroid dienone is 2. The molecule has 0 bridgehead atoms. The van der Waals surface area contributed by atoms with Gasteiger partial charge < -0.3 is 24.2 Å². The first kappa shape index (κ1) is 24.9. The first-order chi connectivity index (χ1) is 15.9. The van der Waals surface area contributed by atoms with E-state index in [2.05, 4.69) is 26.8 Å². The van der Waals surface area contributed by atoms with Crippen LogP contribution in [0.5, 0.6) is 11.5 Å². The fraction of sp³-hybridized carbons (Fsp3) is 0.679. The lowest BCUT2D eigenvalue weighted by Crippen LogP contribution is -2.57. The lowest BCUT2D eigenvalue weighted by atomic mass is 9.64. The Hall–Kier alpha value is -2.21. The van der Waals surface area contributed by atoms with Crippen LogP contribution in [-0.4, -0.2) is 47.0 Å². The van der Waals surface area contributed by atoms with Crippen LogP contribution in [0, 0.1) is 11.3 Å². The number of phenolic OH excluding ortho intramolecular Hbond substituents is 1. The number of nitrogens with zero attached hydrogens (tertiary/aromatic N) is 1. The smallest absolute Gasteiger partial charge is 0.410 e. The van der Waals surface area contributed by atoms with Crippen molar-refractivity contribution < 1.29 is 24.1 Å². The maximum atomic E-state index is 12.9. The highest BCUT2D eigenvalue weighted by Gasteiger charge is 2.55. The van der Waals surface area contributed by atoms with E-state index in [0.29, 0.717) is 13.2 Å². The zero-order valence-electron chi connectivity index (χ0n) is 21.6. The van der Waals surface area contributed by atoms with E-state index in [4.69, 9.17) is 14.2 Å². The van der Waals surface area contributed by atoms with Gasteiger partial charge in [0, 0.05) is 36.1 Å². The number of amides is 1. The Morgan fingerprint density at radius 2 is 2.09 bits per heavy atom. The highest BCUT2D eigenvalue weighted by atomic mass is 16.6. The quantitative estimate of drug-likeness (QED) is 0.518. The second-order valence-electron chi connectivity index (χ2n) is 12.0. The minimum Gasteiger partial charge on any atom is -0.508 e. The second-order valence-corrected chi connectivity index (χ2v) is 12.0. The molecule has 2 fully saturated rings. The number of aromatic hydroxyl groups is 1. The molecule has 0 aromatic heterocycles. The summed E-state index contributed by atoms with van der Waals surface area (Å²) in [4.78, 5) is 14.7. The Bertz CT molecular complexity index is 947. The van der Waals surface area contributed by atoms with Crippen LogP contribution in [0.4, 0.5) is 4.79 Å². The minimum atomic E-state index is -0.508. The zero-order chi connectivity index (χ0) is 24.7. The largest absolute Gasteiger partial charge is 0.508 e. The number of hydrogen-bond acceptors (Lipinski definition) is 5.